The summed E-state index contributed by atoms with van der Waals surface area (Å²) < 4.78 is 48.3. The van der Waals surface area contributed by atoms with E-state index in [2.05, 4.69) is 9.97 Å². The van der Waals surface area contributed by atoms with E-state index in [1.54, 1.807) is 20.8 Å². The Bertz CT molecular complexity index is 570. The molecule has 1 aliphatic rings. The van der Waals surface area contributed by atoms with E-state index in [4.69, 9.17) is 9.47 Å². The number of nitrogens with zero attached hydrogens (tertiary/aromatic N) is 3. The first kappa shape index (κ1) is 18.4. The number of morpholine rings is 1. The third-order valence-corrected chi connectivity index (χ3v) is 3.24. The zero-order valence-electron chi connectivity index (χ0n) is 13.8. The maximum atomic E-state index is 12.7. The molecule has 0 spiro atoms. The average Bonchev–Trinajstić information content (AvgIpc) is 2.44. The summed E-state index contributed by atoms with van der Waals surface area (Å²) in [6.45, 7) is 5.73. The Morgan fingerprint density at radius 2 is 2.04 bits per heavy atom. The lowest BCUT2D eigenvalue weighted by molar-refractivity contribution is -0.143. The van der Waals surface area contributed by atoms with Crippen molar-refractivity contribution in [3.8, 4) is 0 Å². The summed E-state index contributed by atoms with van der Waals surface area (Å²) in [6, 6.07) is -0.861. The van der Waals surface area contributed by atoms with E-state index in [-0.39, 0.29) is 24.7 Å². The molecule has 1 aliphatic heterocycles. The number of ether oxygens (including phenoxy) is 2. The van der Waals surface area contributed by atoms with Crippen molar-refractivity contribution in [3.63, 3.8) is 0 Å². The minimum Gasteiger partial charge on any atom is -0.455 e. The van der Waals surface area contributed by atoms with E-state index in [0.717, 1.165) is 0 Å². The molecule has 1 fully saturated rings. The van der Waals surface area contributed by atoms with Crippen molar-refractivity contribution in [1.29, 1.82) is 0 Å². The van der Waals surface area contributed by atoms with Crippen molar-refractivity contribution < 1.29 is 27.4 Å². The van der Waals surface area contributed by atoms with Gasteiger partial charge in [0.25, 0.3) is 0 Å². The molecule has 1 aromatic rings. The summed E-state index contributed by atoms with van der Waals surface area (Å²) in [4.78, 5) is 21.4. The van der Waals surface area contributed by atoms with E-state index < -0.39 is 30.2 Å². The van der Waals surface area contributed by atoms with Gasteiger partial charge in [-0.1, -0.05) is 0 Å². The molecule has 9 heteroatoms. The fourth-order valence-corrected chi connectivity index (χ4v) is 2.30. The lowest BCUT2D eigenvalue weighted by Crippen LogP contribution is -2.48. The van der Waals surface area contributed by atoms with Gasteiger partial charge in [-0.05, 0) is 20.8 Å². The highest BCUT2D eigenvalue weighted by Gasteiger charge is 2.37. The summed E-state index contributed by atoms with van der Waals surface area (Å²) in [5, 5.41) is 0. The molecule has 0 saturated carbocycles. The van der Waals surface area contributed by atoms with Crippen LogP contribution in [0.2, 0.25) is 0 Å². The van der Waals surface area contributed by atoms with E-state index in [1.807, 2.05) is 0 Å². The first-order chi connectivity index (χ1) is 11.1. The number of carbonyl (C=O) groups excluding carboxylic acids is 1. The Balaban J connectivity index is 2.12. The highest BCUT2D eigenvalue weighted by Crippen LogP contribution is 2.27. The standard InChI is InChI=1S/C15H20F3N3O3/c1-14(2,3)24-13(22)11-7-20-12(8-19-11)21-4-5-23-9-10(21)6-15(16,17)18/h7-8,10H,4-6,9H2,1-3H3. The van der Waals surface area contributed by atoms with Gasteiger partial charge in [0.1, 0.15) is 11.4 Å². The topological polar surface area (TPSA) is 64.5 Å². The Labute approximate surface area is 138 Å². The fraction of sp³-hybridized carbons (Fsp3) is 0.667. The van der Waals surface area contributed by atoms with Gasteiger partial charge in [0.05, 0.1) is 38.1 Å². The zero-order valence-corrected chi connectivity index (χ0v) is 13.8. The van der Waals surface area contributed by atoms with Gasteiger partial charge in [0.2, 0.25) is 0 Å². The Kier molecular flexibility index (Phi) is 5.32. The van der Waals surface area contributed by atoms with Crippen LogP contribution in [0.1, 0.15) is 37.7 Å². The summed E-state index contributed by atoms with van der Waals surface area (Å²) in [5.41, 5.74) is -0.659. The normalized spacial score (nSPS) is 19.2. The molecular formula is C15H20F3N3O3. The van der Waals surface area contributed by atoms with Crippen LogP contribution in [0.15, 0.2) is 12.4 Å². The maximum Gasteiger partial charge on any atom is 0.391 e. The van der Waals surface area contributed by atoms with Gasteiger partial charge in [0.15, 0.2) is 5.69 Å². The van der Waals surface area contributed by atoms with Gasteiger partial charge in [0, 0.05) is 6.54 Å². The SMILES string of the molecule is CC(C)(C)OC(=O)c1cnc(N2CCOCC2CC(F)(F)F)cn1. The van der Waals surface area contributed by atoms with Crippen LogP contribution >= 0.6 is 0 Å². The summed E-state index contributed by atoms with van der Waals surface area (Å²) >= 11 is 0. The largest absolute Gasteiger partial charge is 0.455 e. The number of carbonyl (C=O) groups is 1. The monoisotopic (exact) mass is 347 g/mol. The number of anilines is 1. The molecular weight excluding hydrogens is 327 g/mol. The quantitative estimate of drug-likeness (QED) is 0.783. The van der Waals surface area contributed by atoms with Gasteiger partial charge in [-0.3, -0.25) is 0 Å². The second-order valence-corrected chi connectivity index (χ2v) is 6.50. The summed E-state index contributed by atoms with van der Waals surface area (Å²) in [7, 11) is 0. The number of halogens is 3. The number of esters is 1. The minimum absolute atomic E-state index is 0.00862. The molecule has 0 N–H and O–H groups in total. The van der Waals surface area contributed by atoms with Crippen LogP contribution < -0.4 is 4.90 Å². The van der Waals surface area contributed by atoms with Gasteiger partial charge in [-0.15, -0.1) is 0 Å². The van der Waals surface area contributed by atoms with Crippen molar-refractivity contribution in [3.05, 3.63) is 18.1 Å². The van der Waals surface area contributed by atoms with Crippen molar-refractivity contribution >= 4 is 11.8 Å². The van der Waals surface area contributed by atoms with Crippen LogP contribution in [-0.2, 0) is 9.47 Å². The van der Waals surface area contributed by atoms with Gasteiger partial charge < -0.3 is 14.4 Å². The molecule has 0 bridgehead atoms. The molecule has 24 heavy (non-hydrogen) atoms. The van der Waals surface area contributed by atoms with Crippen LogP contribution in [0, 0.1) is 0 Å². The van der Waals surface area contributed by atoms with Crippen LogP contribution in [-0.4, -0.2) is 53.5 Å². The van der Waals surface area contributed by atoms with Crippen molar-refractivity contribution in [1.82, 2.24) is 9.97 Å². The number of rotatable bonds is 3. The third-order valence-electron chi connectivity index (χ3n) is 3.24. The second-order valence-electron chi connectivity index (χ2n) is 6.50. The lowest BCUT2D eigenvalue weighted by atomic mass is 10.1. The first-order valence-corrected chi connectivity index (χ1v) is 7.52. The smallest absolute Gasteiger partial charge is 0.391 e. The predicted octanol–water partition coefficient (Wildman–Crippen LogP) is 2.59. The molecule has 0 aromatic carbocycles. The van der Waals surface area contributed by atoms with E-state index in [1.165, 1.54) is 17.3 Å². The molecule has 1 aromatic heterocycles. The Morgan fingerprint density at radius 3 is 2.58 bits per heavy atom. The van der Waals surface area contributed by atoms with E-state index >= 15 is 0 Å². The third kappa shape index (κ3) is 5.33. The molecule has 2 heterocycles. The molecule has 0 radical (unpaired) electrons. The van der Waals surface area contributed by atoms with Crippen LogP contribution in [0.25, 0.3) is 0 Å². The second kappa shape index (κ2) is 6.92. The molecule has 2 rings (SSSR count). The van der Waals surface area contributed by atoms with Crippen LogP contribution in [0.5, 0.6) is 0 Å². The highest BCUT2D eigenvalue weighted by atomic mass is 19.4. The van der Waals surface area contributed by atoms with Crippen LogP contribution in [0.4, 0.5) is 19.0 Å². The van der Waals surface area contributed by atoms with E-state index in [9.17, 15) is 18.0 Å². The van der Waals surface area contributed by atoms with Crippen molar-refractivity contribution in [2.24, 2.45) is 0 Å². The maximum absolute atomic E-state index is 12.7. The molecule has 0 amide bonds. The molecule has 1 unspecified atom stereocenters. The van der Waals surface area contributed by atoms with Gasteiger partial charge in [-0.2, -0.15) is 13.2 Å². The lowest BCUT2D eigenvalue weighted by Gasteiger charge is -2.36. The molecule has 1 atom stereocenters. The number of hydrogen-bond donors (Lipinski definition) is 0. The zero-order chi connectivity index (χ0) is 18.0. The fourth-order valence-electron chi connectivity index (χ4n) is 2.30. The van der Waals surface area contributed by atoms with Gasteiger partial charge in [-0.25, -0.2) is 14.8 Å². The minimum atomic E-state index is -4.30. The number of aromatic nitrogens is 2. The molecule has 6 nitrogen and oxygen atoms in total. The van der Waals surface area contributed by atoms with Gasteiger partial charge >= 0.3 is 12.1 Å². The number of hydrogen-bond acceptors (Lipinski definition) is 6. The average molecular weight is 347 g/mol. The molecule has 0 aliphatic carbocycles. The Hall–Kier alpha value is -1.90. The molecule has 134 valence electrons. The van der Waals surface area contributed by atoms with E-state index in [0.29, 0.717) is 6.61 Å². The predicted molar refractivity (Wildman–Crippen MR) is 79.8 cm³/mol. The summed E-state index contributed by atoms with van der Waals surface area (Å²) in [6.07, 6.45) is -2.80. The van der Waals surface area contributed by atoms with Crippen molar-refractivity contribution in [2.45, 2.75) is 45.0 Å². The summed E-state index contributed by atoms with van der Waals surface area (Å²) in [5.74, 6) is -0.352. The first-order valence-electron chi connectivity index (χ1n) is 7.52. The van der Waals surface area contributed by atoms with Crippen LogP contribution in [0.3, 0.4) is 0 Å². The van der Waals surface area contributed by atoms with Crippen molar-refractivity contribution in [2.75, 3.05) is 24.7 Å². The highest BCUT2D eigenvalue weighted by molar-refractivity contribution is 5.87. The number of alkyl halides is 3. The molecule has 1 saturated heterocycles. The Morgan fingerprint density at radius 1 is 1.33 bits per heavy atom.